The molecule has 0 saturated carbocycles. The molecule has 0 aliphatic carbocycles. The first kappa shape index (κ1) is 23.7. The van der Waals surface area contributed by atoms with Gasteiger partial charge in [-0.25, -0.2) is 9.37 Å². The second kappa shape index (κ2) is 10.6. The number of anilines is 1. The van der Waals surface area contributed by atoms with E-state index in [1.54, 1.807) is 29.9 Å². The first-order valence-corrected chi connectivity index (χ1v) is 11.6. The Morgan fingerprint density at radius 3 is 2.44 bits per heavy atom. The van der Waals surface area contributed by atoms with Crippen LogP contribution in [0, 0.1) is 5.82 Å². The molecule has 0 spiro atoms. The van der Waals surface area contributed by atoms with Gasteiger partial charge in [-0.2, -0.15) is 0 Å². The number of carbonyl (C=O) groups excluding carboxylic acids is 1. The van der Waals surface area contributed by atoms with E-state index in [2.05, 4.69) is 5.32 Å². The van der Waals surface area contributed by atoms with Crippen molar-refractivity contribution in [1.82, 2.24) is 9.55 Å². The third-order valence-corrected chi connectivity index (χ3v) is 6.52. The third-order valence-electron chi connectivity index (χ3n) is 5.30. The summed E-state index contributed by atoms with van der Waals surface area (Å²) in [7, 11) is 1.58. The van der Waals surface area contributed by atoms with E-state index in [0.717, 1.165) is 5.56 Å². The first-order valence-electron chi connectivity index (χ1n) is 10.8. The Kier molecular flexibility index (Phi) is 7.40. The van der Waals surface area contributed by atoms with Gasteiger partial charge in [-0.15, -0.1) is 0 Å². The Morgan fingerprint density at radius 2 is 1.74 bits per heavy atom. The molecule has 0 fully saturated rings. The van der Waals surface area contributed by atoms with Crippen LogP contribution in [0.1, 0.15) is 23.8 Å². The van der Waals surface area contributed by atoms with Crippen LogP contribution in [0.4, 0.5) is 10.1 Å². The number of hydrogen-bond donors (Lipinski definition) is 1. The minimum atomic E-state index is -0.708. The van der Waals surface area contributed by atoms with Gasteiger partial charge in [0.1, 0.15) is 11.1 Å². The molecule has 0 unspecified atom stereocenters. The largest absolute Gasteiger partial charge is 0.383 e. The number of para-hydroxylation sites is 1. The van der Waals surface area contributed by atoms with Crippen molar-refractivity contribution in [3.8, 4) is 0 Å². The quantitative estimate of drug-likeness (QED) is 0.278. The van der Waals surface area contributed by atoms with Gasteiger partial charge in [-0.3, -0.25) is 14.2 Å². The Labute approximate surface area is 200 Å². The van der Waals surface area contributed by atoms with Crippen molar-refractivity contribution >= 4 is 34.3 Å². The fourth-order valence-corrected chi connectivity index (χ4v) is 4.86. The van der Waals surface area contributed by atoms with E-state index in [1.807, 2.05) is 43.3 Å². The van der Waals surface area contributed by atoms with Gasteiger partial charge in [0.05, 0.1) is 23.6 Å². The molecule has 0 aliphatic rings. The summed E-state index contributed by atoms with van der Waals surface area (Å²) >= 11 is 1.19. The number of thioether (sulfide) groups is 1. The second-order valence-electron chi connectivity index (χ2n) is 7.80. The molecular formula is C26H24FN3O3S. The smallest absolute Gasteiger partial charge is 0.262 e. The molecule has 4 rings (SSSR count). The summed E-state index contributed by atoms with van der Waals surface area (Å²) in [5.41, 5.74) is 1.59. The molecule has 0 radical (unpaired) electrons. The standard InChI is InChI=1S/C26H24FN3O3S/c1-17(16-33-2)30-25(32)21-10-6-7-11-22(21)29-26(30)34-23(18-8-4-3-5-9-18)24(31)28-20-14-12-19(27)13-15-20/h3-15,17,23H,16H2,1-2H3,(H,28,31)/t17-,23-/m0/s1. The van der Waals surface area contributed by atoms with Crippen LogP contribution in [0.2, 0.25) is 0 Å². The van der Waals surface area contributed by atoms with Crippen molar-refractivity contribution in [1.29, 1.82) is 0 Å². The van der Waals surface area contributed by atoms with Crippen LogP contribution in [0.15, 0.2) is 88.8 Å². The van der Waals surface area contributed by atoms with Crippen molar-refractivity contribution in [3.63, 3.8) is 0 Å². The topological polar surface area (TPSA) is 73.2 Å². The maximum atomic E-state index is 13.4. The number of nitrogens with zero attached hydrogens (tertiary/aromatic N) is 2. The molecule has 4 aromatic rings. The average molecular weight is 478 g/mol. The number of ether oxygens (including phenoxy) is 1. The molecule has 174 valence electrons. The Balaban J connectivity index is 1.78. The maximum absolute atomic E-state index is 13.4. The van der Waals surface area contributed by atoms with Crippen LogP contribution in [0.25, 0.3) is 10.9 Å². The predicted molar refractivity (Wildman–Crippen MR) is 133 cm³/mol. The minimum Gasteiger partial charge on any atom is -0.383 e. The average Bonchev–Trinajstić information content (AvgIpc) is 2.84. The number of methoxy groups -OCH3 is 1. The van der Waals surface area contributed by atoms with Crippen LogP contribution >= 0.6 is 11.8 Å². The van der Waals surface area contributed by atoms with Crippen molar-refractivity contribution < 1.29 is 13.9 Å². The number of nitrogens with one attached hydrogen (secondary N) is 1. The molecule has 0 saturated heterocycles. The molecule has 1 heterocycles. The van der Waals surface area contributed by atoms with Gasteiger partial charge in [0.15, 0.2) is 5.16 Å². The van der Waals surface area contributed by atoms with Gasteiger partial charge in [0.2, 0.25) is 5.91 Å². The molecule has 34 heavy (non-hydrogen) atoms. The Hall–Kier alpha value is -3.49. The number of carbonyl (C=O) groups is 1. The molecule has 2 atom stereocenters. The van der Waals surface area contributed by atoms with E-state index in [9.17, 15) is 14.0 Å². The number of hydrogen-bond acceptors (Lipinski definition) is 5. The lowest BCUT2D eigenvalue weighted by Crippen LogP contribution is -2.29. The van der Waals surface area contributed by atoms with E-state index in [4.69, 9.17) is 9.72 Å². The molecule has 0 bridgehead atoms. The van der Waals surface area contributed by atoms with Gasteiger partial charge in [-0.1, -0.05) is 54.2 Å². The summed E-state index contributed by atoms with van der Waals surface area (Å²) in [5, 5.41) is 3.05. The fourth-order valence-electron chi connectivity index (χ4n) is 3.66. The lowest BCUT2D eigenvalue weighted by atomic mass is 10.1. The SMILES string of the molecule is COC[C@H](C)n1c(S[C@H](C(=O)Nc2ccc(F)cc2)c2ccccc2)nc2ccccc2c1=O. The molecule has 1 N–H and O–H groups in total. The first-order chi connectivity index (χ1) is 16.5. The summed E-state index contributed by atoms with van der Waals surface area (Å²) in [5.74, 6) is -0.695. The zero-order chi connectivity index (χ0) is 24.1. The maximum Gasteiger partial charge on any atom is 0.262 e. The van der Waals surface area contributed by atoms with E-state index in [-0.39, 0.29) is 23.3 Å². The molecule has 1 aromatic heterocycles. The zero-order valence-corrected chi connectivity index (χ0v) is 19.6. The Bertz CT molecular complexity index is 1340. The van der Waals surface area contributed by atoms with E-state index in [1.165, 1.54) is 36.0 Å². The molecule has 8 heteroatoms. The van der Waals surface area contributed by atoms with Gasteiger partial charge >= 0.3 is 0 Å². The lowest BCUT2D eigenvalue weighted by molar-refractivity contribution is -0.115. The van der Waals surface area contributed by atoms with Crippen molar-refractivity contribution in [3.05, 3.63) is 101 Å². The highest BCUT2D eigenvalue weighted by Gasteiger charge is 2.26. The van der Waals surface area contributed by atoms with Crippen molar-refractivity contribution in [2.45, 2.75) is 23.4 Å². The van der Waals surface area contributed by atoms with Crippen LogP contribution in [0.3, 0.4) is 0 Å². The van der Waals surface area contributed by atoms with E-state index < -0.39 is 5.25 Å². The van der Waals surface area contributed by atoms with Gasteiger partial charge in [-0.05, 0) is 48.9 Å². The van der Waals surface area contributed by atoms with Crippen LogP contribution in [0.5, 0.6) is 0 Å². The second-order valence-corrected chi connectivity index (χ2v) is 8.87. The number of amides is 1. The molecule has 3 aromatic carbocycles. The zero-order valence-electron chi connectivity index (χ0n) is 18.8. The summed E-state index contributed by atoms with van der Waals surface area (Å²) in [4.78, 5) is 31.5. The lowest BCUT2D eigenvalue weighted by Gasteiger charge is -2.22. The van der Waals surface area contributed by atoms with Gasteiger partial charge in [0, 0.05) is 12.8 Å². The van der Waals surface area contributed by atoms with Crippen LogP contribution in [-0.4, -0.2) is 29.2 Å². The number of benzene rings is 3. The van der Waals surface area contributed by atoms with Crippen molar-refractivity contribution in [2.24, 2.45) is 0 Å². The van der Waals surface area contributed by atoms with Crippen molar-refractivity contribution in [2.75, 3.05) is 19.0 Å². The van der Waals surface area contributed by atoms with Crippen LogP contribution < -0.4 is 10.9 Å². The van der Waals surface area contributed by atoms with E-state index >= 15 is 0 Å². The minimum absolute atomic E-state index is 0.191. The Morgan fingerprint density at radius 1 is 1.06 bits per heavy atom. The normalized spacial score (nSPS) is 12.9. The van der Waals surface area contributed by atoms with Gasteiger partial charge < -0.3 is 10.1 Å². The van der Waals surface area contributed by atoms with Gasteiger partial charge in [0.25, 0.3) is 5.56 Å². The highest BCUT2D eigenvalue weighted by Crippen LogP contribution is 2.36. The number of fused-ring (bicyclic) bond motifs is 1. The molecule has 6 nitrogen and oxygen atoms in total. The van der Waals surface area contributed by atoms with E-state index in [0.29, 0.717) is 28.4 Å². The predicted octanol–water partition coefficient (Wildman–Crippen LogP) is 5.22. The number of halogens is 1. The summed E-state index contributed by atoms with van der Waals surface area (Å²) in [6, 6.07) is 21.7. The number of aromatic nitrogens is 2. The fraction of sp³-hybridized carbons (Fsp3) is 0.192. The highest BCUT2D eigenvalue weighted by molar-refractivity contribution is 8.00. The number of rotatable bonds is 8. The molecule has 0 aliphatic heterocycles. The summed E-state index contributed by atoms with van der Waals surface area (Å²) < 4.78 is 20.2. The third kappa shape index (κ3) is 5.18. The highest BCUT2D eigenvalue weighted by atomic mass is 32.2. The monoisotopic (exact) mass is 477 g/mol. The molecule has 1 amide bonds. The van der Waals surface area contributed by atoms with Crippen LogP contribution in [-0.2, 0) is 9.53 Å². The summed E-state index contributed by atoms with van der Waals surface area (Å²) in [6.45, 7) is 2.19. The summed E-state index contributed by atoms with van der Waals surface area (Å²) in [6.07, 6.45) is 0. The molecular weight excluding hydrogens is 453 g/mol.